The summed E-state index contributed by atoms with van der Waals surface area (Å²) in [5.74, 6) is 0.393. The van der Waals surface area contributed by atoms with Gasteiger partial charge in [-0.2, -0.15) is 0 Å². The highest BCUT2D eigenvalue weighted by Crippen LogP contribution is 2.92. The van der Waals surface area contributed by atoms with E-state index in [-0.39, 0.29) is 39.4 Å². The third kappa shape index (κ3) is 2.75. The molecule has 5 rings (SSSR count). The highest BCUT2D eigenvalue weighted by Gasteiger charge is 2.89. The van der Waals surface area contributed by atoms with Crippen LogP contribution in [0.2, 0.25) is 0 Å². The first-order valence-electron chi connectivity index (χ1n) is 14.4. The van der Waals surface area contributed by atoms with Gasteiger partial charge in [0, 0.05) is 11.8 Å². The monoisotopic (exact) mass is 486 g/mol. The molecule has 3 N–H and O–H groups in total. The van der Waals surface area contributed by atoms with Gasteiger partial charge in [-0.15, -0.1) is 0 Å². The van der Waals surface area contributed by atoms with Crippen LogP contribution in [0, 0.1) is 50.2 Å². The second-order valence-electron chi connectivity index (χ2n) is 14.8. The maximum Gasteiger partial charge on any atom is 0.312 e. The van der Waals surface area contributed by atoms with Crippen LogP contribution >= 0.6 is 0 Å². The first kappa shape index (κ1) is 25.8. The molecule has 5 aliphatic carbocycles. The zero-order chi connectivity index (χ0) is 25.8. The molecule has 0 aromatic heterocycles. The summed E-state index contributed by atoms with van der Waals surface area (Å²) in [4.78, 5) is 12.5. The molecular formula is C31H50O4. The zero-order valence-corrected chi connectivity index (χ0v) is 23.3. The molecule has 5 aliphatic rings. The third-order valence-corrected chi connectivity index (χ3v) is 14.1. The number of carboxylic acid groups (broad SMARTS) is 1. The van der Waals surface area contributed by atoms with Gasteiger partial charge in [0.15, 0.2) is 0 Å². The van der Waals surface area contributed by atoms with Crippen LogP contribution in [0.5, 0.6) is 0 Å². The summed E-state index contributed by atoms with van der Waals surface area (Å²) < 4.78 is 0. The second-order valence-corrected chi connectivity index (χ2v) is 14.8. The number of carbonyl (C=O) groups is 1. The van der Waals surface area contributed by atoms with E-state index in [9.17, 15) is 20.1 Å². The Morgan fingerprint density at radius 3 is 2.26 bits per heavy atom. The average molecular weight is 487 g/mol. The van der Waals surface area contributed by atoms with Gasteiger partial charge in [-0.05, 0) is 118 Å². The Bertz CT molecular complexity index is 938. The van der Waals surface area contributed by atoms with Gasteiger partial charge in [0.25, 0.3) is 0 Å². The van der Waals surface area contributed by atoms with Crippen molar-refractivity contribution >= 4 is 5.97 Å². The van der Waals surface area contributed by atoms with Gasteiger partial charge in [-0.3, -0.25) is 4.79 Å². The van der Waals surface area contributed by atoms with Gasteiger partial charge >= 0.3 is 5.97 Å². The molecule has 5 saturated carbocycles. The minimum atomic E-state index is -1.16. The van der Waals surface area contributed by atoms with Gasteiger partial charge in [0.05, 0.1) is 17.6 Å². The first-order valence-corrected chi connectivity index (χ1v) is 14.4. The Morgan fingerprint density at radius 2 is 1.63 bits per heavy atom. The minimum Gasteiger partial charge on any atom is -0.481 e. The summed E-state index contributed by atoms with van der Waals surface area (Å²) in [6, 6.07) is 0. The van der Waals surface area contributed by atoms with Gasteiger partial charge in [-0.25, -0.2) is 0 Å². The Hall–Kier alpha value is -0.870. The van der Waals surface area contributed by atoms with E-state index in [1.54, 1.807) is 6.92 Å². The molecule has 2 spiro atoms. The molecular weight excluding hydrogens is 436 g/mol. The smallest absolute Gasteiger partial charge is 0.312 e. The van der Waals surface area contributed by atoms with E-state index in [1.165, 1.54) is 37.7 Å². The molecule has 0 aromatic carbocycles. The van der Waals surface area contributed by atoms with Crippen molar-refractivity contribution < 1.29 is 20.1 Å². The Balaban J connectivity index is 1.50. The van der Waals surface area contributed by atoms with E-state index in [0.29, 0.717) is 5.92 Å². The highest BCUT2D eigenvalue weighted by molar-refractivity contribution is 5.76. The average Bonchev–Trinajstić information content (AvgIpc) is 3.39. The molecule has 4 nitrogen and oxygen atoms in total. The van der Waals surface area contributed by atoms with Gasteiger partial charge in [0.1, 0.15) is 0 Å². The molecule has 5 fully saturated rings. The van der Waals surface area contributed by atoms with Crippen LogP contribution in [0.25, 0.3) is 0 Å². The number of aliphatic carboxylic acids is 1. The molecule has 4 heteroatoms. The molecule has 0 aromatic rings. The lowest BCUT2D eigenvalue weighted by atomic mass is 9.36. The van der Waals surface area contributed by atoms with E-state index in [2.05, 4.69) is 47.6 Å². The summed E-state index contributed by atoms with van der Waals surface area (Å²) in [6.45, 7) is 16.3. The summed E-state index contributed by atoms with van der Waals surface area (Å²) >= 11 is 0. The number of rotatable bonds is 5. The van der Waals surface area contributed by atoms with E-state index in [1.807, 2.05) is 0 Å². The Morgan fingerprint density at radius 1 is 0.971 bits per heavy atom. The van der Waals surface area contributed by atoms with Crippen LogP contribution in [0.1, 0.15) is 113 Å². The van der Waals surface area contributed by atoms with Crippen molar-refractivity contribution in [3.8, 4) is 0 Å². The number of aliphatic hydroxyl groups is 2. The van der Waals surface area contributed by atoms with Crippen molar-refractivity contribution in [2.75, 3.05) is 0 Å². The minimum absolute atomic E-state index is 0.00757. The van der Waals surface area contributed by atoms with Crippen molar-refractivity contribution in [3.05, 3.63) is 11.6 Å². The Kier molecular flexibility index (Phi) is 5.59. The number of hydrogen-bond acceptors (Lipinski definition) is 3. The van der Waals surface area contributed by atoms with Gasteiger partial charge < -0.3 is 15.3 Å². The third-order valence-electron chi connectivity index (χ3n) is 14.1. The fourth-order valence-corrected chi connectivity index (χ4v) is 11.7. The summed E-state index contributed by atoms with van der Waals surface area (Å²) in [5.41, 5.74) is 0.481. The molecule has 0 saturated heterocycles. The fourth-order valence-electron chi connectivity index (χ4n) is 11.7. The standard InChI is InChI=1S/C31H50O4/c1-19(2)9-8-10-20(3)21-11-13-27(5)26(21,4)15-16-30-18-31(30)22(12-14-28(27,30)6)29(7,25(34)35)23(32)17-24(31)33/h9,20-24,32-33H,8,10-18H2,1-7H3,(H,34,35)/t20-,21+,22-,23-,24-,26+,27+,28-,29-,30-,31+/m0/s1. The molecule has 0 unspecified atom stereocenters. The lowest BCUT2D eigenvalue weighted by Crippen LogP contribution is -2.66. The van der Waals surface area contributed by atoms with Crippen molar-refractivity contribution in [2.24, 2.45) is 50.2 Å². The van der Waals surface area contributed by atoms with Crippen LogP contribution in [0.4, 0.5) is 0 Å². The van der Waals surface area contributed by atoms with Crippen LogP contribution in [0.3, 0.4) is 0 Å². The lowest BCUT2D eigenvalue weighted by molar-refractivity contribution is -0.236. The quantitative estimate of drug-likeness (QED) is 0.383. The normalized spacial score (nSPS) is 55.1. The maximum absolute atomic E-state index is 12.5. The van der Waals surface area contributed by atoms with E-state index < -0.39 is 23.6 Å². The summed E-state index contributed by atoms with van der Waals surface area (Å²) in [7, 11) is 0. The molecule has 0 amide bonds. The van der Waals surface area contributed by atoms with Crippen molar-refractivity contribution in [1.29, 1.82) is 0 Å². The second kappa shape index (κ2) is 7.59. The number of aliphatic hydroxyl groups excluding tert-OH is 2. The molecule has 0 heterocycles. The lowest BCUT2D eigenvalue weighted by Gasteiger charge is -2.68. The predicted molar refractivity (Wildman–Crippen MR) is 139 cm³/mol. The first-order chi connectivity index (χ1) is 16.2. The largest absolute Gasteiger partial charge is 0.481 e. The molecule has 11 atom stereocenters. The van der Waals surface area contributed by atoms with Gasteiger partial charge in [-0.1, -0.05) is 39.3 Å². The summed E-state index contributed by atoms with van der Waals surface area (Å²) in [5, 5.41) is 32.7. The van der Waals surface area contributed by atoms with E-state index in [4.69, 9.17) is 0 Å². The van der Waals surface area contributed by atoms with Crippen LogP contribution in [-0.4, -0.2) is 33.5 Å². The predicted octanol–water partition coefficient (Wildman–Crippen LogP) is 6.59. The number of allylic oxidation sites excluding steroid dienone is 2. The van der Waals surface area contributed by atoms with Crippen LogP contribution in [0.15, 0.2) is 11.6 Å². The molecule has 198 valence electrons. The van der Waals surface area contributed by atoms with Crippen molar-refractivity contribution in [2.45, 2.75) is 125 Å². The molecule has 0 aliphatic heterocycles. The number of fused-ring (bicyclic) bond motifs is 2. The molecule has 0 bridgehead atoms. The topological polar surface area (TPSA) is 77.8 Å². The van der Waals surface area contributed by atoms with E-state index in [0.717, 1.165) is 31.6 Å². The summed E-state index contributed by atoms with van der Waals surface area (Å²) in [6.07, 6.45) is 11.0. The highest BCUT2D eigenvalue weighted by atomic mass is 16.4. The fraction of sp³-hybridized carbons (Fsp3) is 0.903. The number of hydrogen-bond donors (Lipinski definition) is 3. The molecule has 0 radical (unpaired) electrons. The maximum atomic E-state index is 12.5. The number of carboxylic acids is 1. The van der Waals surface area contributed by atoms with Gasteiger partial charge in [0.2, 0.25) is 0 Å². The van der Waals surface area contributed by atoms with Crippen LogP contribution in [-0.2, 0) is 4.79 Å². The van der Waals surface area contributed by atoms with Crippen molar-refractivity contribution in [1.82, 2.24) is 0 Å². The van der Waals surface area contributed by atoms with Crippen molar-refractivity contribution in [3.63, 3.8) is 0 Å². The zero-order valence-electron chi connectivity index (χ0n) is 23.3. The van der Waals surface area contributed by atoms with Crippen LogP contribution < -0.4 is 0 Å². The molecule has 35 heavy (non-hydrogen) atoms. The van der Waals surface area contributed by atoms with E-state index >= 15 is 0 Å². The SMILES string of the molecule is CC(C)=CCC[C@H](C)[C@H]1CC[C@@]2(C)[C@]3(C)CC[C@H]4[C@](C)(C(=O)O)[C@@H](O)C[C@H](O)[C@@]45C[C@]53CC[C@]12C. The Labute approximate surface area is 213 Å².